The van der Waals surface area contributed by atoms with Crippen molar-refractivity contribution in [2.75, 3.05) is 24.7 Å². The first-order valence-electron chi connectivity index (χ1n) is 15.3. The summed E-state index contributed by atoms with van der Waals surface area (Å²) < 4.78 is 45.5. The van der Waals surface area contributed by atoms with Crippen molar-refractivity contribution in [1.82, 2.24) is 0 Å². The highest BCUT2D eigenvalue weighted by Gasteiger charge is 2.68. The van der Waals surface area contributed by atoms with Crippen LogP contribution in [0.15, 0.2) is 11.6 Å². The van der Waals surface area contributed by atoms with Gasteiger partial charge in [0.05, 0.1) is 0 Å². The van der Waals surface area contributed by atoms with Gasteiger partial charge in [-0.2, -0.15) is 13.2 Å². The Hall–Kier alpha value is -1.86. The van der Waals surface area contributed by atoms with Crippen molar-refractivity contribution in [2.45, 2.75) is 96.3 Å². The van der Waals surface area contributed by atoms with Crippen LogP contribution in [0.2, 0.25) is 0 Å². The van der Waals surface area contributed by atoms with Crippen molar-refractivity contribution in [3.8, 4) is 0 Å². The fourth-order valence-corrected chi connectivity index (χ4v) is 10.3. The number of hydrogen-bond donors (Lipinski definition) is 1. The molecule has 4 aliphatic carbocycles. The van der Waals surface area contributed by atoms with Crippen LogP contribution in [0.25, 0.3) is 0 Å². The number of carbonyl (C=O) groups excluding carboxylic acids is 5. The second kappa shape index (κ2) is 13.9. The molecule has 44 heavy (non-hydrogen) atoms. The Morgan fingerprint density at radius 1 is 0.977 bits per heavy atom. The largest absolute Gasteiger partial charge is 0.458 e. The highest BCUT2D eigenvalue weighted by Crippen LogP contribution is 2.66. The fraction of sp³-hybridized carbons (Fsp3) is 0.774. The number of ketones is 3. The van der Waals surface area contributed by atoms with Gasteiger partial charge in [-0.05, 0) is 68.3 Å². The molecule has 246 valence electrons. The number of fused-ring (bicyclic) bond motifs is 5. The molecule has 3 fully saturated rings. The zero-order chi connectivity index (χ0) is 32.3. The van der Waals surface area contributed by atoms with E-state index in [2.05, 4.69) is 11.7 Å². The minimum absolute atomic E-state index is 0.0223. The van der Waals surface area contributed by atoms with E-state index < -0.39 is 48.1 Å². The molecule has 4 aliphatic rings. The Morgan fingerprint density at radius 2 is 1.61 bits per heavy atom. The van der Waals surface area contributed by atoms with E-state index in [0.29, 0.717) is 43.6 Å². The Bertz CT molecular complexity index is 1190. The molecular weight excluding hydrogens is 621 g/mol. The molecule has 0 amide bonds. The molecule has 8 nitrogen and oxygen atoms in total. The van der Waals surface area contributed by atoms with Gasteiger partial charge in [-0.3, -0.25) is 24.0 Å². The molecule has 0 unspecified atom stereocenters. The van der Waals surface area contributed by atoms with Gasteiger partial charge in [0.25, 0.3) is 0 Å². The maximum absolute atomic E-state index is 13.7. The van der Waals surface area contributed by atoms with E-state index in [4.69, 9.17) is 4.74 Å². The molecule has 0 spiro atoms. The summed E-state index contributed by atoms with van der Waals surface area (Å²) in [6, 6.07) is 0. The van der Waals surface area contributed by atoms with Crippen molar-refractivity contribution >= 4 is 50.9 Å². The lowest BCUT2D eigenvalue weighted by Crippen LogP contribution is -2.61. The first-order chi connectivity index (χ1) is 20.6. The molecule has 6 atom stereocenters. The second-order valence-electron chi connectivity index (χ2n) is 13.0. The van der Waals surface area contributed by atoms with E-state index in [9.17, 15) is 42.3 Å². The predicted molar refractivity (Wildman–Crippen MR) is 158 cm³/mol. The molecule has 0 saturated heterocycles. The summed E-state index contributed by atoms with van der Waals surface area (Å²) in [7, 11) is 2.88. The smallest absolute Gasteiger partial charge is 0.422 e. The number of Topliss-reactive ketones (excluding diaryl/α,β-unsaturated/α-hetero) is 2. The Kier molecular flexibility index (Phi) is 11.0. The third-order valence-electron chi connectivity index (χ3n) is 10.3. The van der Waals surface area contributed by atoms with Crippen LogP contribution in [-0.2, 0) is 33.4 Å². The van der Waals surface area contributed by atoms with Crippen LogP contribution < -0.4 is 0 Å². The Labute approximate surface area is 263 Å². The van der Waals surface area contributed by atoms with Gasteiger partial charge in [0.15, 0.2) is 19.0 Å². The summed E-state index contributed by atoms with van der Waals surface area (Å²) in [6.45, 7) is 1.78. The van der Waals surface area contributed by atoms with E-state index in [0.717, 1.165) is 18.4 Å². The summed E-state index contributed by atoms with van der Waals surface area (Å²) in [6.07, 6.45) is 1.47. The maximum atomic E-state index is 13.7. The third kappa shape index (κ3) is 7.40. The van der Waals surface area contributed by atoms with Crippen molar-refractivity contribution in [3.63, 3.8) is 0 Å². The molecule has 4 rings (SSSR count). The van der Waals surface area contributed by atoms with Gasteiger partial charge < -0.3 is 14.6 Å². The van der Waals surface area contributed by atoms with Crippen LogP contribution in [0.4, 0.5) is 13.2 Å². The van der Waals surface area contributed by atoms with Gasteiger partial charge in [0, 0.05) is 48.5 Å². The number of rotatable bonds is 13. The quantitative estimate of drug-likeness (QED) is 0.152. The third-order valence-corrected chi connectivity index (χ3v) is 12.9. The van der Waals surface area contributed by atoms with Crippen molar-refractivity contribution in [2.24, 2.45) is 28.6 Å². The van der Waals surface area contributed by atoms with Crippen molar-refractivity contribution < 1.29 is 51.7 Å². The van der Waals surface area contributed by atoms with Gasteiger partial charge in [-0.25, -0.2) is 0 Å². The van der Waals surface area contributed by atoms with Crippen LogP contribution in [0.1, 0.15) is 84.5 Å². The van der Waals surface area contributed by atoms with E-state index in [1.165, 1.54) is 21.6 Å². The van der Waals surface area contributed by atoms with Gasteiger partial charge in [-0.1, -0.05) is 41.0 Å². The molecule has 0 aromatic heterocycles. The Balaban J connectivity index is 1.19. The molecule has 1 N–H and O–H groups in total. The van der Waals surface area contributed by atoms with Crippen LogP contribution in [0.3, 0.4) is 0 Å². The summed E-state index contributed by atoms with van der Waals surface area (Å²) in [5.41, 5.74) is -2.01. The monoisotopic (exact) mass is 662 g/mol. The maximum Gasteiger partial charge on any atom is 0.422 e. The number of aliphatic hydroxyl groups is 1. The number of hydrogen-bond acceptors (Lipinski definition) is 10. The second-order valence-corrected chi connectivity index (χ2v) is 15.7. The normalized spacial score (nSPS) is 33.1. The van der Waals surface area contributed by atoms with Crippen LogP contribution >= 0.6 is 21.6 Å². The first-order valence-corrected chi connectivity index (χ1v) is 17.7. The fourth-order valence-electron chi connectivity index (χ4n) is 8.09. The van der Waals surface area contributed by atoms with Gasteiger partial charge in [0.1, 0.15) is 11.4 Å². The molecule has 3 saturated carbocycles. The minimum atomic E-state index is -4.54. The molecule has 0 radical (unpaired) electrons. The van der Waals surface area contributed by atoms with Gasteiger partial charge in [-0.15, -0.1) is 0 Å². The predicted octanol–water partition coefficient (Wildman–Crippen LogP) is 5.59. The molecule has 0 bridgehead atoms. The van der Waals surface area contributed by atoms with Crippen LogP contribution in [-0.4, -0.2) is 70.9 Å². The molecule has 0 aliphatic heterocycles. The van der Waals surface area contributed by atoms with E-state index in [1.54, 1.807) is 6.08 Å². The highest BCUT2D eigenvalue weighted by atomic mass is 33.1. The number of alkyl halides is 3. The van der Waals surface area contributed by atoms with Crippen LogP contribution in [0.5, 0.6) is 0 Å². The zero-order valence-electron chi connectivity index (χ0n) is 25.2. The van der Waals surface area contributed by atoms with E-state index >= 15 is 0 Å². The number of esters is 2. The van der Waals surface area contributed by atoms with Gasteiger partial charge in [0.2, 0.25) is 5.78 Å². The summed E-state index contributed by atoms with van der Waals surface area (Å²) in [5, 5.41) is 11.7. The molecule has 0 aromatic rings. The van der Waals surface area contributed by atoms with Gasteiger partial charge >= 0.3 is 18.1 Å². The zero-order valence-corrected chi connectivity index (χ0v) is 26.8. The topological polar surface area (TPSA) is 124 Å². The number of ether oxygens (including phenoxy) is 2. The standard InChI is InChI=1S/C31H41F3O8S2/c1-28-11-9-20(35)15-19(28)7-8-21-22-10-12-30(40,29(22,2)16-23(36)27(21)28)24(37)17-41-25(38)5-3-13-43-44-14-4-6-26(39)42-18-31(32,33)34/h15,21-22,27,40H,3-14,16-18H2,1-2H3/t21-,22-,27+,28-,29-,30-/m0/s1. The molecule has 13 heteroatoms. The summed E-state index contributed by atoms with van der Waals surface area (Å²) in [5.74, 6) is -0.982. The lowest BCUT2D eigenvalue weighted by molar-refractivity contribution is -0.186. The van der Waals surface area contributed by atoms with Crippen LogP contribution in [0, 0.1) is 28.6 Å². The SMILES string of the molecule is C[C@]12CCC(=O)C=C1CC[C@@H]1[C@@H]2C(=O)C[C@@]2(C)[C@H]1CC[C@]2(O)C(=O)COC(=O)CCCSSCCCC(=O)OCC(F)(F)F. The summed E-state index contributed by atoms with van der Waals surface area (Å²) >= 11 is 0. The molecule has 0 heterocycles. The van der Waals surface area contributed by atoms with E-state index in [-0.39, 0.29) is 60.4 Å². The number of carbonyl (C=O) groups is 5. The van der Waals surface area contributed by atoms with Crippen molar-refractivity contribution in [3.05, 3.63) is 11.6 Å². The number of allylic oxidation sites excluding steroid dienone is 1. The summed E-state index contributed by atoms with van der Waals surface area (Å²) in [4.78, 5) is 62.8. The molecular formula is C31H41F3O8S2. The average Bonchev–Trinajstić information content (AvgIpc) is 3.22. The average molecular weight is 663 g/mol. The minimum Gasteiger partial charge on any atom is -0.458 e. The first kappa shape index (κ1) is 35.0. The van der Waals surface area contributed by atoms with E-state index in [1.807, 2.05) is 6.92 Å². The lowest BCUT2D eigenvalue weighted by Gasteiger charge is -2.57. The Morgan fingerprint density at radius 3 is 2.25 bits per heavy atom. The number of halogens is 3. The lowest BCUT2D eigenvalue weighted by atomic mass is 9.46. The van der Waals surface area contributed by atoms with Crippen molar-refractivity contribution in [1.29, 1.82) is 0 Å². The molecule has 0 aromatic carbocycles. The highest BCUT2D eigenvalue weighted by molar-refractivity contribution is 8.76.